The summed E-state index contributed by atoms with van der Waals surface area (Å²) in [5, 5.41) is 0. The van der Waals surface area contributed by atoms with E-state index in [1.807, 2.05) is 67.6 Å². The van der Waals surface area contributed by atoms with Gasteiger partial charge in [0.05, 0.1) is 13.0 Å². The Hall–Kier alpha value is -4.20. The van der Waals surface area contributed by atoms with Gasteiger partial charge in [-0.2, -0.15) is 0 Å². The number of Topliss-reactive ketones (excluding diaryl/α,β-unsaturated/α-hetero) is 1. The third-order valence-corrected chi connectivity index (χ3v) is 6.11. The van der Waals surface area contributed by atoms with Crippen LogP contribution in [0.2, 0.25) is 0 Å². The number of methoxy groups -OCH3 is 1. The Morgan fingerprint density at radius 2 is 1.58 bits per heavy atom. The fourth-order valence-electron chi connectivity index (χ4n) is 4.06. The van der Waals surface area contributed by atoms with E-state index in [9.17, 15) is 14.4 Å². The predicted molar refractivity (Wildman–Crippen MR) is 141 cm³/mol. The number of rotatable bonds is 13. The number of pyridine rings is 1. The minimum atomic E-state index is -0.729. The number of aromatic nitrogens is 1. The van der Waals surface area contributed by atoms with Gasteiger partial charge in [-0.05, 0) is 24.5 Å². The van der Waals surface area contributed by atoms with Gasteiger partial charge >= 0.3 is 11.9 Å². The summed E-state index contributed by atoms with van der Waals surface area (Å²) in [6.07, 6.45) is 1.53. The molecule has 0 amide bonds. The SMILES string of the molecule is COc1ccnc(C(=O)C[C@@H](C)C(=O)O[C@@H](C)[C@H](Cc2ccccc2)c2ccccc2)c1OCOC(C)=O. The number of hydrogen-bond donors (Lipinski definition) is 0. The molecule has 0 aliphatic heterocycles. The van der Waals surface area contributed by atoms with Crippen molar-refractivity contribution in [3.8, 4) is 11.5 Å². The van der Waals surface area contributed by atoms with Crippen LogP contribution in [-0.2, 0) is 25.5 Å². The molecule has 38 heavy (non-hydrogen) atoms. The molecule has 0 radical (unpaired) electrons. The fourth-order valence-corrected chi connectivity index (χ4v) is 4.06. The Morgan fingerprint density at radius 3 is 2.21 bits per heavy atom. The molecule has 0 bridgehead atoms. The van der Waals surface area contributed by atoms with Crippen molar-refractivity contribution in [1.82, 2.24) is 4.98 Å². The Bertz CT molecular complexity index is 1210. The molecule has 2 aromatic carbocycles. The summed E-state index contributed by atoms with van der Waals surface area (Å²) >= 11 is 0. The van der Waals surface area contributed by atoms with Gasteiger partial charge in [0.15, 0.2) is 23.0 Å². The summed E-state index contributed by atoms with van der Waals surface area (Å²) < 4.78 is 21.4. The van der Waals surface area contributed by atoms with Gasteiger partial charge < -0.3 is 18.9 Å². The topological polar surface area (TPSA) is 101 Å². The van der Waals surface area contributed by atoms with Crippen molar-refractivity contribution < 1.29 is 33.3 Å². The van der Waals surface area contributed by atoms with Gasteiger partial charge in [0.25, 0.3) is 0 Å². The lowest BCUT2D eigenvalue weighted by Gasteiger charge is -2.26. The maximum atomic E-state index is 13.1. The lowest BCUT2D eigenvalue weighted by molar-refractivity contribution is -0.153. The highest BCUT2D eigenvalue weighted by molar-refractivity contribution is 5.99. The molecular formula is C30H33NO7. The number of carbonyl (C=O) groups is 3. The summed E-state index contributed by atoms with van der Waals surface area (Å²) in [5.74, 6) is -1.94. The van der Waals surface area contributed by atoms with E-state index in [1.54, 1.807) is 6.92 Å². The van der Waals surface area contributed by atoms with Crippen molar-refractivity contribution in [2.24, 2.45) is 5.92 Å². The van der Waals surface area contributed by atoms with E-state index in [-0.39, 0.29) is 29.5 Å². The molecule has 0 N–H and O–H groups in total. The van der Waals surface area contributed by atoms with E-state index in [4.69, 9.17) is 18.9 Å². The lowest BCUT2D eigenvalue weighted by atomic mass is 9.88. The largest absolute Gasteiger partial charge is 0.493 e. The summed E-state index contributed by atoms with van der Waals surface area (Å²) in [5.41, 5.74) is 2.18. The molecule has 0 saturated heterocycles. The van der Waals surface area contributed by atoms with Gasteiger partial charge in [-0.25, -0.2) is 4.98 Å². The van der Waals surface area contributed by atoms with Gasteiger partial charge in [-0.1, -0.05) is 67.6 Å². The number of ether oxygens (including phenoxy) is 4. The first-order chi connectivity index (χ1) is 18.3. The smallest absolute Gasteiger partial charge is 0.309 e. The summed E-state index contributed by atoms with van der Waals surface area (Å²) in [7, 11) is 1.42. The maximum Gasteiger partial charge on any atom is 0.309 e. The van der Waals surface area contributed by atoms with E-state index >= 15 is 0 Å². The summed E-state index contributed by atoms with van der Waals surface area (Å²) in [6, 6.07) is 21.5. The van der Waals surface area contributed by atoms with Crippen LogP contribution in [0, 0.1) is 5.92 Å². The minimum absolute atomic E-state index is 0.0181. The maximum absolute atomic E-state index is 13.1. The van der Waals surface area contributed by atoms with Gasteiger partial charge in [-0.15, -0.1) is 0 Å². The van der Waals surface area contributed by atoms with Crippen molar-refractivity contribution in [3.05, 3.63) is 89.7 Å². The van der Waals surface area contributed by atoms with E-state index in [0.717, 1.165) is 11.1 Å². The molecule has 1 aromatic heterocycles. The molecule has 8 heteroatoms. The number of hydrogen-bond acceptors (Lipinski definition) is 8. The standard InChI is InChI=1S/C30H33NO7/c1-20(17-26(33)28-29(37-19-36-22(3)32)27(35-4)15-16-31-28)30(34)38-21(2)25(24-13-9-6-10-14-24)18-23-11-7-5-8-12-23/h5-16,20-21,25H,17-19H2,1-4H3/t20-,21+,25+/m1/s1. The average molecular weight is 520 g/mol. The molecule has 8 nitrogen and oxygen atoms in total. The highest BCUT2D eigenvalue weighted by atomic mass is 16.7. The Balaban J connectivity index is 1.70. The second-order valence-corrected chi connectivity index (χ2v) is 8.97. The molecule has 200 valence electrons. The van der Waals surface area contributed by atoms with Crippen LogP contribution in [0.1, 0.15) is 54.7 Å². The van der Waals surface area contributed by atoms with E-state index in [0.29, 0.717) is 6.42 Å². The van der Waals surface area contributed by atoms with Crippen LogP contribution in [-0.4, -0.2) is 42.7 Å². The number of esters is 2. The third-order valence-electron chi connectivity index (χ3n) is 6.11. The number of benzene rings is 2. The zero-order valence-electron chi connectivity index (χ0n) is 22.1. The second kappa shape index (κ2) is 13.9. The number of ketones is 1. The summed E-state index contributed by atoms with van der Waals surface area (Å²) in [6.45, 7) is 4.35. The molecular weight excluding hydrogens is 486 g/mol. The van der Waals surface area contributed by atoms with E-state index in [1.165, 1.54) is 26.3 Å². The lowest BCUT2D eigenvalue weighted by Crippen LogP contribution is -2.28. The van der Waals surface area contributed by atoms with Crippen molar-refractivity contribution in [3.63, 3.8) is 0 Å². The molecule has 0 saturated carbocycles. The quantitative estimate of drug-likeness (QED) is 0.173. The van der Waals surface area contributed by atoms with Crippen LogP contribution in [0.15, 0.2) is 72.9 Å². The fraction of sp³-hybridized carbons (Fsp3) is 0.333. The zero-order valence-corrected chi connectivity index (χ0v) is 22.1. The van der Waals surface area contributed by atoms with Crippen molar-refractivity contribution >= 4 is 17.7 Å². The Morgan fingerprint density at radius 1 is 0.921 bits per heavy atom. The number of nitrogens with zero attached hydrogens (tertiary/aromatic N) is 1. The molecule has 0 unspecified atom stereocenters. The molecule has 1 heterocycles. The van der Waals surface area contributed by atoms with Gasteiger partial charge in [-0.3, -0.25) is 14.4 Å². The highest BCUT2D eigenvalue weighted by Gasteiger charge is 2.28. The molecule has 3 rings (SSSR count). The van der Waals surface area contributed by atoms with Crippen LogP contribution < -0.4 is 9.47 Å². The first kappa shape index (κ1) is 28.4. The minimum Gasteiger partial charge on any atom is -0.493 e. The third kappa shape index (κ3) is 7.90. The summed E-state index contributed by atoms with van der Waals surface area (Å²) in [4.78, 5) is 41.4. The molecule has 3 aromatic rings. The first-order valence-corrected chi connectivity index (χ1v) is 12.4. The van der Waals surface area contributed by atoms with Crippen molar-refractivity contribution in [2.75, 3.05) is 13.9 Å². The zero-order chi connectivity index (χ0) is 27.5. The van der Waals surface area contributed by atoms with Gasteiger partial charge in [0, 0.05) is 31.5 Å². The van der Waals surface area contributed by atoms with Gasteiger partial charge in [0.2, 0.25) is 6.79 Å². The molecule has 0 aliphatic rings. The van der Waals surface area contributed by atoms with Gasteiger partial charge in [0.1, 0.15) is 6.10 Å². The number of carbonyl (C=O) groups excluding carboxylic acids is 3. The predicted octanol–water partition coefficient (Wildman–Crippen LogP) is 5.16. The van der Waals surface area contributed by atoms with E-state index < -0.39 is 36.5 Å². The van der Waals surface area contributed by atoms with Crippen LogP contribution in [0.5, 0.6) is 11.5 Å². The monoisotopic (exact) mass is 519 g/mol. The average Bonchev–Trinajstić information content (AvgIpc) is 2.92. The van der Waals surface area contributed by atoms with Crippen LogP contribution >= 0.6 is 0 Å². The van der Waals surface area contributed by atoms with E-state index in [2.05, 4.69) is 4.98 Å². The first-order valence-electron chi connectivity index (χ1n) is 12.4. The Labute approximate surface area is 222 Å². The highest BCUT2D eigenvalue weighted by Crippen LogP contribution is 2.32. The van der Waals surface area contributed by atoms with Crippen LogP contribution in [0.25, 0.3) is 0 Å². The Kier molecular flexibility index (Phi) is 10.4. The van der Waals surface area contributed by atoms with Crippen molar-refractivity contribution in [2.45, 2.75) is 45.6 Å². The molecule has 0 spiro atoms. The normalized spacial score (nSPS) is 13.1. The van der Waals surface area contributed by atoms with Crippen LogP contribution in [0.4, 0.5) is 0 Å². The molecule has 0 aliphatic carbocycles. The second-order valence-electron chi connectivity index (χ2n) is 8.97. The van der Waals surface area contributed by atoms with Crippen molar-refractivity contribution in [1.29, 1.82) is 0 Å². The van der Waals surface area contributed by atoms with Crippen LogP contribution in [0.3, 0.4) is 0 Å². The molecule has 3 atom stereocenters. The molecule has 0 fully saturated rings.